The van der Waals surface area contributed by atoms with Crippen LogP contribution in [0, 0.1) is 6.92 Å². The molecule has 0 fully saturated rings. The summed E-state index contributed by atoms with van der Waals surface area (Å²) >= 11 is 0. The van der Waals surface area contributed by atoms with Crippen LogP contribution in [0.2, 0.25) is 0 Å². The molecule has 0 aliphatic carbocycles. The Balaban J connectivity index is 0.00000256. The van der Waals surface area contributed by atoms with Crippen LogP contribution in [0.25, 0.3) is 0 Å². The molecular formula is C12H20ClN3O. The Hall–Kier alpha value is -1.10. The monoisotopic (exact) mass is 257 g/mol. The second-order valence-corrected chi connectivity index (χ2v) is 4.00. The SMILES string of the molecule is CNNN(C(=O)c1ccc(C)cc1)C(C)C.Cl. The van der Waals surface area contributed by atoms with E-state index in [0.29, 0.717) is 5.56 Å². The van der Waals surface area contributed by atoms with Crippen LogP contribution in [-0.4, -0.2) is 24.0 Å². The van der Waals surface area contributed by atoms with Crippen LogP contribution in [0.5, 0.6) is 0 Å². The second kappa shape index (κ2) is 7.27. The maximum absolute atomic E-state index is 12.1. The number of benzene rings is 1. The van der Waals surface area contributed by atoms with Crippen molar-refractivity contribution in [3.05, 3.63) is 35.4 Å². The Labute approximate surface area is 109 Å². The van der Waals surface area contributed by atoms with Crippen molar-refractivity contribution in [3.63, 3.8) is 0 Å². The number of carbonyl (C=O) groups is 1. The number of halogens is 1. The lowest BCUT2D eigenvalue weighted by Crippen LogP contribution is -2.52. The standard InChI is InChI=1S/C12H19N3O.ClH/c1-9(2)15(14-13-4)12(16)11-7-5-10(3)6-8-11;/h5-9,13-14H,1-4H3;1H. The molecule has 0 aliphatic rings. The van der Waals surface area contributed by atoms with E-state index in [2.05, 4.69) is 11.0 Å². The highest BCUT2D eigenvalue weighted by molar-refractivity contribution is 5.94. The molecule has 0 bridgehead atoms. The van der Waals surface area contributed by atoms with Gasteiger partial charge in [0.1, 0.15) is 0 Å². The highest BCUT2D eigenvalue weighted by atomic mass is 35.5. The molecular weight excluding hydrogens is 238 g/mol. The van der Waals surface area contributed by atoms with Crippen molar-refractivity contribution in [2.75, 3.05) is 7.05 Å². The lowest BCUT2D eigenvalue weighted by atomic mass is 10.1. The third-order valence-corrected chi connectivity index (χ3v) is 2.27. The fourth-order valence-electron chi connectivity index (χ4n) is 1.37. The molecule has 0 spiro atoms. The molecule has 0 aromatic heterocycles. The van der Waals surface area contributed by atoms with E-state index in [0.717, 1.165) is 5.56 Å². The van der Waals surface area contributed by atoms with Crippen LogP contribution in [-0.2, 0) is 0 Å². The number of hydrazine groups is 2. The minimum absolute atomic E-state index is 0. The van der Waals surface area contributed by atoms with E-state index >= 15 is 0 Å². The van der Waals surface area contributed by atoms with Gasteiger partial charge in [-0.1, -0.05) is 17.7 Å². The predicted molar refractivity (Wildman–Crippen MR) is 71.9 cm³/mol. The Morgan fingerprint density at radius 1 is 1.24 bits per heavy atom. The van der Waals surface area contributed by atoms with Crippen LogP contribution in [0.1, 0.15) is 29.8 Å². The molecule has 0 atom stereocenters. The van der Waals surface area contributed by atoms with E-state index in [9.17, 15) is 4.79 Å². The van der Waals surface area contributed by atoms with Crippen molar-refractivity contribution in [2.24, 2.45) is 0 Å². The fourth-order valence-corrected chi connectivity index (χ4v) is 1.37. The Morgan fingerprint density at radius 2 is 1.76 bits per heavy atom. The molecule has 1 amide bonds. The molecule has 1 rings (SSSR count). The van der Waals surface area contributed by atoms with E-state index in [1.54, 1.807) is 12.1 Å². The summed E-state index contributed by atoms with van der Waals surface area (Å²) in [5.74, 6) is -0.0376. The van der Waals surface area contributed by atoms with E-state index < -0.39 is 0 Å². The van der Waals surface area contributed by atoms with Gasteiger partial charge in [0.2, 0.25) is 0 Å². The number of hydrogen-bond acceptors (Lipinski definition) is 3. The van der Waals surface area contributed by atoms with Crippen LogP contribution >= 0.6 is 12.4 Å². The van der Waals surface area contributed by atoms with Gasteiger partial charge in [-0.05, 0) is 32.9 Å². The van der Waals surface area contributed by atoms with Crippen LogP contribution in [0.15, 0.2) is 24.3 Å². The molecule has 0 saturated heterocycles. The number of aryl methyl sites for hydroxylation is 1. The predicted octanol–water partition coefficient (Wildman–Crippen LogP) is 1.91. The number of nitrogens with one attached hydrogen (secondary N) is 2. The molecule has 0 radical (unpaired) electrons. The number of rotatable bonds is 4. The van der Waals surface area contributed by atoms with E-state index in [1.165, 1.54) is 0 Å². The van der Waals surface area contributed by atoms with Crippen molar-refractivity contribution in [1.29, 1.82) is 0 Å². The third-order valence-electron chi connectivity index (χ3n) is 2.27. The molecule has 17 heavy (non-hydrogen) atoms. The van der Waals surface area contributed by atoms with Crippen LogP contribution in [0.4, 0.5) is 0 Å². The smallest absolute Gasteiger partial charge is 0.268 e. The first-order valence-corrected chi connectivity index (χ1v) is 5.39. The molecule has 0 unspecified atom stereocenters. The quantitative estimate of drug-likeness (QED) is 0.810. The van der Waals surface area contributed by atoms with Crippen molar-refractivity contribution in [3.8, 4) is 0 Å². The zero-order chi connectivity index (χ0) is 12.1. The highest BCUT2D eigenvalue weighted by Crippen LogP contribution is 2.07. The van der Waals surface area contributed by atoms with Gasteiger partial charge in [0.25, 0.3) is 5.91 Å². The normalized spacial score (nSPS) is 9.94. The summed E-state index contributed by atoms with van der Waals surface area (Å²) in [6.07, 6.45) is 0. The average Bonchev–Trinajstić information content (AvgIpc) is 2.25. The van der Waals surface area contributed by atoms with Crippen molar-refractivity contribution >= 4 is 18.3 Å². The molecule has 0 aliphatic heterocycles. The van der Waals surface area contributed by atoms with Gasteiger partial charge >= 0.3 is 0 Å². The van der Waals surface area contributed by atoms with E-state index in [1.807, 2.05) is 45.0 Å². The molecule has 0 heterocycles. The van der Waals surface area contributed by atoms with Crippen molar-refractivity contribution in [2.45, 2.75) is 26.8 Å². The zero-order valence-corrected chi connectivity index (χ0v) is 11.5. The van der Waals surface area contributed by atoms with Gasteiger partial charge in [-0.3, -0.25) is 9.80 Å². The van der Waals surface area contributed by atoms with Gasteiger partial charge in [0, 0.05) is 18.7 Å². The number of carbonyl (C=O) groups excluding carboxylic acids is 1. The van der Waals surface area contributed by atoms with E-state index in [-0.39, 0.29) is 24.4 Å². The van der Waals surface area contributed by atoms with Gasteiger partial charge in [-0.2, -0.15) is 5.53 Å². The third kappa shape index (κ3) is 4.34. The first-order valence-electron chi connectivity index (χ1n) is 5.39. The van der Waals surface area contributed by atoms with Gasteiger partial charge in [0.15, 0.2) is 0 Å². The van der Waals surface area contributed by atoms with E-state index in [4.69, 9.17) is 0 Å². The topological polar surface area (TPSA) is 44.4 Å². The van der Waals surface area contributed by atoms with Crippen LogP contribution in [0.3, 0.4) is 0 Å². The first kappa shape index (κ1) is 15.9. The Bertz CT molecular complexity index is 351. The summed E-state index contributed by atoms with van der Waals surface area (Å²) in [7, 11) is 1.73. The highest BCUT2D eigenvalue weighted by Gasteiger charge is 2.17. The largest absolute Gasteiger partial charge is 0.269 e. The molecule has 4 nitrogen and oxygen atoms in total. The lowest BCUT2D eigenvalue weighted by Gasteiger charge is -2.26. The minimum Gasteiger partial charge on any atom is -0.268 e. The summed E-state index contributed by atoms with van der Waals surface area (Å²) < 4.78 is 0. The summed E-state index contributed by atoms with van der Waals surface area (Å²) in [6.45, 7) is 5.91. The maximum atomic E-state index is 12.1. The maximum Gasteiger partial charge on any atom is 0.269 e. The molecule has 96 valence electrons. The summed E-state index contributed by atoms with van der Waals surface area (Å²) in [4.78, 5) is 12.1. The Kier molecular flexibility index (Phi) is 6.80. The minimum atomic E-state index is -0.0376. The van der Waals surface area contributed by atoms with Gasteiger partial charge in [-0.15, -0.1) is 12.4 Å². The lowest BCUT2D eigenvalue weighted by molar-refractivity contribution is 0.0535. The Morgan fingerprint density at radius 3 is 2.18 bits per heavy atom. The first-order chi connectivity index (χ1) is 7.56. The fraction of sp³-hybridized carbons (Fsp3) is 0.417. The summed E-state index contributed by atoms with van der Waals surface area (Å²) in [5, 5.41) is 1.56. The summed E-state index contributed by atoms with van der Waals surface area (Å²) in [5.41, 5.74) is 7.42. The molecule has 0 saturated carbocycles. The number of nitrogens with zero attached hydrogens (tertiary/aromatic N) is 1. The molecule has 1 aromatic rings. The molecule has 2 N–H and O–H groups in total. The van der Waals surface area contributed by atoms with Gasteiger partial charge in [0.05, 0.1) is 0 Å². The van der Waals surface area contributed by atoms with Gasteiger partial charge in [-0.25, -0.2) is 5.43 Å². The molecule has 1 aromatic carbocycles. The number of amides is 1. The zero-order valence-electron chi connectivity index (χ0n) is 10.7. The van der Waals surface area contributed by atoms with Crippen LogP contribution < -0.4 is 11.0 Å². The molecule has 5 heteroatoms. The van der Waals surface area contributed by atoms with Gasteiger partial charge < -0.3 is 0 Å². The average molecular weight is 258 g/mol. The summed E-state index contributed by atoms with van der Waals surface area (Å²) in [6, 6.07) is 7.63. The number of hydrogen-bond donors (Lipinski definition) is 2. The van der Waals surface area contributed by atoms with Crippen molar-refractivity contribution in [1.82, 2.24) is 16.0 Å². The second-order valence-electron chi connectivity index (χ2n) is 4.00. The van der Waals surface area contributed by atoms with Crippen molar-refractivity contribution < 1.29 is 4.79 Å².